The molecule has 4 heteroatoms. The molecule has 1 aliphatic rings. The Hall–Kier alpha value is -3.01. The predicted molar refractivity (Wildman–Crippen MR) is 98.6 cm³/mol. The molecule has 1 saturated carbocycles. The van der Waals surface area contributed by atoms with E-state index in [-0.39, 0.29) is 5.91 Å². The van der Waals surface area contributed by atoms with Crippen molar-refractivity contribution in [2.24, 2.45) is 0 Å². The van der Waals surface area contributed by atoms with Gasteiger partial charge in [-0.15, -0.1) is 0 Å². The van der Waals surface area contributed by atoms with Gasteiger partial charge in [0.25, 0.3) is 5.91 Å². The average molecular weight is 317 g/mol. The molecule has 1 aliphatic carbocycles. The van der Waals surface area contributed by atoms with Gasteiger partial charge in [0.15, 0.2) is 0 Å². The quantitative estimate of drug-likeness (QED) is 0.636. The molecular weight excluding hydrogens is 298 g/mol. The highest BCUT2D eigenvalue weighted by atomic mass is 16.1. The molecule has 0 heterocycles. The van der Waals surface area contributed by atoms with Crippen LogP contribution in [-0.4, -0.2) is 11.9 Å². The van der Waals surface area contributed by atoms with Gasteiger partial charge in [0.05, 0.1) is 11.3 Å². The number of carbonyl (C=O) groups is 1. The van der Waals surface area contributed by atoms with Crippen LogP contribution in [0.15, 0.2) is 60.7 Å². The Balaban J connectivity index is 1.72. The van der Waals surface area contributed by atoms with Gasteiger partial charge in [-0.2, -0.15) is 0 Å². The average Bonchev–Trinajstić information content (AvgIpc) is 3.40. The number of rotatable bonds is 4. The zero-order valence-electron chi connectivity index (χ0n) is 13.3. The highest BCUT2D eigenvalue weighted by molar-refractivity contribution is 6.03. The molecular formula is C20H19N3O. The predicted octanol–water partition coefficient (Wildman–Crippen LogP) is 4.06. The van der Waals surface area contributed by atoms with E-state index in [9.17, 15) is 4.79 Å². The maximum absolute atomic E-state index is 12.5. The Bertz CT molecular complexity index is 910. The lowest BCUT2D eigenvalue weighted by molar-refractivity contribution is 0.0952. The number of hydrogen-bond acceptors (Lipinski definition) is 3. The summed E-state index contributed by atoms with van der Waals surface area (Å²) in [5, 5.41) is 8.70. The fourth-order valence-electron chi connectivity index (χ4n) is 2.83. The zero-order chi connectivity index (χ0) is 16.5. The molecule has 120 valence electrons. The number of nitrogens with one attached hydrogen (secondary N) is 2. The number of carbonyl (C=O) groups excluding carboxylic acids is 1. The van der Waals surface area contributed by atoms with Crippen molar-refractivity contribution in [3.8, 4) is 0 Å². The number of fused-ring (bicyclic) bond motifs is 1. The third kappa shape index (κ3) is 2.91. The van der Waals surface area contributed by atoms with Gasteiger partial charge < -0.3 is 16.4 Å². The molecule has 0 unspecified atom stereocenters. The maximum atomic E-state index is 12.5. The summed E-state index contributed by atoms with van der Waals surface area (Å²) >= 11 is 0. The van der Waals surface area contributed by atoms with E-state index >= 15 is 0 Å². The molecule has 0 saturated heterocycles. The minimum Gasteiger partial charge on any atom is -0.399 e. The lowest BCUT2D eigenvalue weighted by atomic mass is 10.1. The second-order valence-corrected chi connectivity index (χ2v) is 6.20. The van der Waals surface area contributed by atoms with Crippen LogP contribution in [0.2, 0.25) is 0 Å². The first-order valence-corrected chi connectivity index (χ1v) is 8.16. The van der Waals surface area contributed by atoms with E-state index < -0.39 is 0 Å². The standard InChI is InChI=1S/C20H19N3O/c21-14-8-11-19(17(12-14)20(24)22-15-9-10-15)23-18-7-3-5-13-4-1-2-6-16(13)18/h1-8,11-12,15,23H,9-10,21H2,(H,22,24). The Morgan fingerprint density at radius 1 is 0.958 bits per heavy atom. The van der Waals surface area contributed by atoms with E-state index in [4.69, 9.17) is 5.73 Å². The summed E-state index contributed by atoms with van der Waals surface area (Å²) in [5.74, 6) is -0.0764. The Kier molecular flexibility index (Phi) is 3.58. The maximum Gasteiger partial charge on any atom is 0.253 e. The Labute approximate surface area is 140 Å². The van der Waals surface area contributed by atoms with Crippen molar-refractivity contribution in [3.05, 3.63) is 66.2 Å². The van der Waals surface area contributed by atoms with Crippen molar-refractivity contribution in [1.29, 1.82) is 0 Å². The second kappa shape index (κ2) is 5.89. The minimum atomic E-state index is -0.0764. The molecule has 0 atom stereocenters. The normalized spacial score (nSPS) is 13.7. The topological polar surface area (TPSA) is 67.1 Å². The summed E-state index contributed by atoms with van der Waals surface area (Å²) in [7, 11) is 0. The molecule has 4 nitrogen and oxygen atoms in total. The molecule has 0 aliphatic heterocycles. The molecule has 3 aromatic rings. The van der Waals surface area contributed by atoms with Crippen LogP contribution in [0.25, 0.3) is 10.8 Å². The highest BCUT2D eigenvalue weighted by Crippen LogP contribution is 2.29. The van der Waals surface area contributed by atoms with Crippen LogP contribution in [-0.2, 0) is 0 Å². The van der Waals surface area contributed by atoms with Crippen molar-refractivity contribution in [1.82, 2.24) is 5.32 Å². The summed E-state index contributed by atoms with van der Waals surface area (Å²) in [6, 6.07) is 20.0. The zero-order valence-corrected chi connectivity index (χ0v) is 13.3. The fourth-order valence-corrected chi connectivity index (χ4v) is 2.83. The smallest absolute Gasteiger partial charge is 0.253 e. The SMILES string of the molecule is Nc1ccc(Nc2cccc3ccccc23)c(C(=O)NC2CC2)c1. The molecule has 3 aromatic carbocycles. The van der Waals surface area contributed by atoms with E-state index in [1.165, 1.54) is 0 Å². The van der Waals surface area contributed by atoms with Gasteiger partial charge in [-0.3, -0.25) is 4.79 Å². The van der Waals surface area contributed by atoms with Gasteiger partial charge >= 0.3 is 0 Å². The van der Waals surface area contributed by atoms with Gasteiger partial charge in [-0.25, -0.2) is 0 Å². The molecule has 24 heavy (non-hydrogen) atoms. The van der Waals surface area contributed by atoms with Crippen molar-refractivity contribution in [2.45, 2.75) is 18.9 Å². The third-order valence-corrected chi connectivity index (χ3v) is 4.26. The minimum absolute atomic E-state index is 0.0764. The van der Waals surface area contributed by atoms with Crippen LogP contribution < -0.4 is 16.4 Å². The summed E-state index contributed by atoms with van der Waals surface area (Å²) < 4.78 is 0. The lowest BCUT2D eigenvalue weighted by Gasteiger charge is -2.14. The van der Waals surface area contributed by atoms with Crippen LogP contribution in [0, 0.1) is 0 Å². The molecule has 0 radical (unpaired) electrons. The van der Waals surface area contributed by atoms with Gasteiger partial charge in [0.1, 0.15) is 0 Å². The third-order valence-electron chi connectivity index (χ3n) is 4.26. The Morgan fingerprint density at radius 2 is 1.75 bits per heavy atom. The van der Waals surface area contributed by atoms with Crippen molar-refractivity contribution >= 4 is 33.7 Å². The van der Waals surface area contributed by atoms with Gasteiger partial charge in [-0.1, -0.05) is 36.4 Å². The summed E-state index contributed by atoms with van der Waals surface area (Å²) in [5.41, 5.74) is 8.78. The van der Waals surface area contributed by atoms with Gasteiger partial charge in [0.2, 0.25) is 0 Å². The van der Waals surface area contributed by atoms with Crippen molar-refractivity contribution in [2.75, 3.05) is 11.1 Å². The number of amides is 1. The molecule has 1 amide bonds. The lowest BCUT2D eigenvalue weighted by Crippen LogP contribution is -2.26. The van der Waals surface area contributed by atoms with Gasteiger partial charge in [0, 0.05) is 22.8 Å². The molecule has 1 fully saturated rings. The Morgan fingerprint density at radius 3 is 2.58 bits per heavy atom. The number of nitrogens with two attached hydrogens (primary N) is 1. The van der Waals surface area contributed by atoms with Crippen LogP contribution in [0.4, 0.5) is 17.1 Å². The number of benzene rings is 3. The molecule has 4 N–H and O–H groups in total. The summed E-state index contributed by atoms with van der Waals surface area (Å²) in [4.78, 5) is 12.5. The van der Waals surface area contributed by atoms with Crippen LogP contribution in [0.5, 0.6) is 0 Å². The first-order valence-electron chi connectivity index (χ1n) is 8.16. The molecule has 4 rings (SSSR count). The molecule has 0 aromatic heterocycles. The van der Waals surface area contributed by atoms with E-state index in [1.54, 1.807) is 12.1 Å². The first kappa shape index (κ1) is 14.6. The van der Waals surface area contributed by atoms with E-state index in [2.05, 4.69) is 28.8 Å². The van der Waals surface area contributed by atoms with E-state index in [0.29, 0.717) is 17.3 Å². The van der Waals surface area contributed by atoms with E-state index in [0.717, 1.165) is 35.0 Å². The number of nitrogen functional groups attached to an aromatic ring is 1. The first-order chi connectivity index (χ1) is 11.7. The summed E-state index contributed by atoms with van der Waals surface area (Å²) in [6.45, 7) is 0. The fraction of sp³-hybridized carbons (Fsp3) is 0.150. The second-order valence-electron chi connectivity index (χ2n) is 6.20. The van der Waals surface area contributed by atoms with Crippen LogP contribution in [0.1, 0.15) is 23.2 Å². The molecule has 0 bridgehead atoms. The largest absolute Gasteiger partial charge is 0.399 e. The highest BCUT2D eigenvalue weighted by Gasteiger charge is 2.25. The van der Waals surface area contributed by atoms with E-state index in [1.807, 2.05) is 30.3 Å². The van der Waals surface area contributed by atoms with Crippen LogP contribution >= 0.6 is 0 Å². The molecule has 0 spiro atoms. The monoisotopic (exact) mass is 317 g/mol. The number of anilines is 3. The number of hydrogen-bond donors (Lipinski definition) is 3. The van der Waals surface area contributed by atoms with Crippen molar-refractivity contribution < 1.29 is 4.79 Å². The summed E-state index contributed by atoms with van der Waals surface area (Å²) in [6.07, 6.45) is 2.11. The van der Waals surface area contributed by atoms with Crippen molar-refractivity contribution in [3.63, 3.8) is 0 Å². The van der Waals surface area contributed by atoms with Gasteiger partial charge in [-0.05, 0) is 42.5 Å². The van der Waals surface area contributed by atoms with Crippen LogP contribution in [0.3, 0.4) is 0 Å².